The van der Waals surface area contributed by atoms with E-state index >= 15 is 0 Å². The van der Waals surface area contributed by atoms with Crippen molar-refractivity contribution in [2.45, 2.75) is 13.8 Å². The Morgan fingerprint density at radius 2 is 1.83 bits per heavy atom. The summed E-state index contributed by atoms with van der Waals surface area (Å²) < 4.78 is 26.9. The standard InChI is InChI=1S/C17H16F2N2O2/c1-3-20-16(22)11-8-7-10(2)14(9-11)21-17(23)12-5-4-6-13(18)15(12)19/h4-9H,3H2,1-2H3,(H,20,22)(H,21,23). The number of nitrogens with one attached hydrogen (secondary N) is 2. The van der Waals surface area contributed by atoms with E-state index < -0.39 is 23.1 Å². The van der Waals surface area contributed by atoms with Crippen LogP contribution in [0.25, 0.3) is 0 Å². The molecule has 0 aliphatic rings. The predicted molar refractivity (Wildman–Crippen MR) is 83.5 cm³/mol. The van der Waals surface area contributed by atoms with Gasteiger partial charge in [-0.15, -0.1) is 0 Å². The van der Waals surface area contributed by atoms with Crippen LogP contribution in [-0.4, -0.2) is 18.4 Å². The number of carbonyl (C=O) groups excluding carboxylic acids is 2. The number of hydrogen-bond acceptors (Lipinski definition) is 2. The Balaban J connectivity index is 2.28. The lowest BCUT2D eigenvalue weighted by molar-refractivity contribution is 0.0954. The highest BCUT2D eigenvalue weighted by atomic mass is 19.2. The molecule has 0 heterocycles. The molecule has 0 radical (unpaired) electrons. The molecule has 2 aromatic carbocycles. The summed E-state index contributed by atoms with van der Waals surface area (Å²) in [6.45, 7) is 4.00. The molecule has 0 aliphatic heterocycles. The van der Waals surface area contributed by atoms with Gasteiger partial charge in [-0.25, -0.2) is 8.78 Å². The van der Waals surface area contributed by atoms with Gasteiger partial charge in [0.25, 0.3) is 11.8 Å². The highest BCUT2D eigenvalue weighted by molar-refractivity contribution is 6.05. The van der Waals surface area contributed by atoms with Crippen molar-refractivity contribution >= 4 is 17.5 Å². The second-order valence-electron chi connectivity index (χ2n) is 4.94. The molecule has 0 bridgehead atoms. The lowest BCUT2D eigenvalue weighted by Gasteiger charge is -2.11. The van der Waals surface area contributed by atoms with Crippen LogP contribution in [0.2, 0.25) is 0 Å². The van der Waals surface area contributed by atoms with E-state index in [1.807, 2.05) is 0 Å². The number of aryl methyl sites for hydroxylation is 1. The van der Waals surface area contributed by atoms with E-state index in [0.29, 0.717) is 23.4 Å². The minimum atomic E-state index is -1.21. The molecule has 0 aliphatic carbocycles. The van der Waals surface area contributed by atoms with Gasteiger partial charge in [0, 0.05) is 17.8 Å². The molecular formula is C17H16F2N2O2. The van der Waals surface area contributed by atoms with E-state index in [0.717, 1.165) is 6.07 Å². The molecule has 0 aromatic heterocycles. The Kier molecular flexibility index (Phi) is 5.05. The molecule has 0 atom stereocenters. The summed E-state index contributed by atoms with van der Waals surface area (Å²) in [4.78, 5) is 24.0. The summed E-state index contributed by atoms with van der Waals surface area (Å²) in [5, 5.41) is 5.16. The Labute approximate surface area is 132 Å². The fourth-order valence-corrected chi connectivity index (χ4v) is 2.03. The SMILES string of the molecule is CCNC(=O)c1ccc(C)c(NC(=O)c2cccc(F)c2F)c1. The lowest BCUT2D eigenvalue weighted by atomic mass is 10.1. The van der Waals surface area contributed by atoms with Crippen molar-refractivity contribution in [1.82, 2.24) is 5.32 Å². The number of amides is 2. The fourth-order valence-electron chi connectivity index (χ4n) is 2.03. The largest absolute Gasteiger partial charge is 0.352 e. The summed E-state index contributed by atoms with van der Waals surface area (Å²) in [5.74, 6) is -3.36. The van der Waals surface area contributed by atoms with Gasteiger partial charge in [-0.05, 0) is 43.7 Å². The molecule has 0 saturated carbocycles. The van der Waals surface area contributed by atoms with Gasteiger partial charge in [0.1, 0.15) is 0 Å². The monoisotopic (exact) mass is 318 g/mol. The Morgan fingerprint density at radius 1 is 1.09 bits per heavy atom. The van der Waals surface area contributed by atoms with Crippen LogP contribution in [0.15, 0.2) is 36.4 Å². The maximum Gasteiger partial charge on any atom is 0.258 e. The minimum Gasteiger partial charge on any atom is -0.352 e. The van der Waals surface area contributed by atoms with Crippen LogP contribution in [0.3, 0.4) is 0 Å². The Bertz CT molecular complexity index is 760. The first-order chi connectivity index (χ1) is 10.9. The number of anilines is 1. The van der Waals surface area contributed by atoms with Gasteiger partial charge in [-0.1, -0.05) is 12.1 Å². The first-order valence-corrected chi connectivity index (χ1v) is 7.08. The van der Waals surface area contributed by atoms with E-state index in [4.69, 9.17) is 0 Å². The van der Waals surface area contributed by atoms with E-state index in [2.05, 4.69) is 10.6 Å². The van der Waals surface area contributed by atoms with E-state index in [9.17, 15) is 18.4 Å². The Morgan fingerprint density at radius 3 is 2.52 bits per heavy atom. The zero-order valence-corrected chi connectivity index (χ0v) is 12.7. The normalized spacial score (nSPS) is 10.3. The average molecular weight is 318 g/mol. The third-order valence-corrected chi connectivity index (χ3v) is 3.28. The van der Waals surface area contributed by atoms with Crippen LogP contribution in [0.5, 0.6) is 0 Å². The molecule has 2 amide bonds. The summed E-state index contributed by atoms with van der Waals surface area (Å²) in [7, 11) is 0. The maximum atomic E-state index is 13.7. The number of benzene rings is 2. The number of hydrogen-bond donors (Lipinski definition) is 2. The van der Waals surface area contributed by atoms with E-state index in [1.54, 1.807) is 26.0 Å². The van der Waals surface area contributed by atoms with Crippen LogP contribution < -0.4 is 10.6 Å². The molecule has 2 aromatic rings. The van der Waals surface area contributed by atoms with Crippen LogP contribution in [0.1, 0.15) is 33.2 Å². The maximum absolute atomic E-state index is 13.7. The van der Waals surface area contributed by atoms with Crippen molar-refractivity contribution in [3.05, 3.63) is 64.7 Å². The first kappa shape index (κ1) is 16.6. The topological polar surface area (TPSA) is 58.2 Å². The van der Waals surface area contributed by atoms with Crippen molar-refractivity contribution in [3.63, 3.8) is 0 Å². The summed E-state index contributed by atoms with van der Waals surface area (Å²) >= 11 is 0. The average Bonchev–Trinajstić information content (AvgIpc) is 2.52. The predicted octanol–water partition coefficient (Wildman–Crippen LogP) is 3.28. The second-order valence-corrected chi connectivity index (χ2v) is 4.94. The van der Waals surface area contributed by atoms with Gasteiger partial charge >= 0.3 is 0 Å². The molecule has 2 N–H and O–H groups in total. The van der Waals surface area contributed by atoms with Gasteiger partial charge in [-0.3, -0.25) is 9.59 Å². The number of carbonyl (C=O) groups is 2. The highest BCUT2D eigenvalue weighted by Crippen LogP contribution is 2.19. The summed E-state index contributed by atoms with van der Waals surface area (Å²) in [5.41, 5.74) is 1.03. The third-order valence-electron chi connectivity index (χ3n) is 3.28. The third kappa shape index (κ3) is 3.71. The van der Waals surface area contributed by atoms with Gasteiger partial charge in [-0.2, -0.15) is 0 Å². The molecule has 6 heteroatoms. The molecule has 0 spiro atoms. The van der Waals surface area contributed by atoms with Crippen LogP contribution in [0.4, 0.5) is 14.5 Å². The quantitative estimate of drug-likeness (QED) is 0.909. The lowest BCUT2D eigenvalue weighted by Crippen LogP contribution is -2.23. The summed E-state index contributed by atoms with van der Waals surface area (Å²) in [6, 6.07) is 8.17. The van der Waals surface area contributed by atoms with Crippen molar-refractivity contribution in [2.24, 2.45) is 0 Å². The van der Waals surface area contributed by atoms with Gasteiger partial charge in [0.2, 0.25) is 0 Å². The minimum absolute atomic E-state index is 0.278. The molecule has 0 saturated heterocycles. The molecule has 2 rings (SSSR count). The van der Waals surface area contributed by atoms with Crippen LogP contribution >= 0.6 is 0 Å². The van der Waals surface area contributed by atoms with Crippen molar-refractivity contribution in [1.29, 1.82) is 0 Å². The van der Waals surface area contributed by atoms with Crippen molar-refractivity contribution in [2.75, 3.05) is 11.9 Å². The number of rotatable bonds is 4. The van der Waals surface area contributed by atoms with E-state index in [-0.39, 0.29) is 5.91 Å². The molecule has 4 nitrogen and oxygen atoms in total. The molecule has 0 unspecified atom stereocenters. The first-order valence-electron chi connectivity index (χ1n) is 7.08. The number of halogens is 2. The fraction of sp³-hybridized carbons (Fsp3) is 0.176. The van der Waals surface area contributed by atoms with E-state index in [1.165, 1.54) is 18.2 Å². The van der Waals surface area contributed by atoms with Crippen molar-refractivity contribution < 1.29 is 18.4 Å². The molecular weight excluding hydrogens is 302 g/mol. The molecule has 23 heavy (non-hydrogen) atoms. The molecule has 120 valence electrons. The smallest absolute Gasteiger partial charge is 0.258 e. The zero-order valence-electron chi connectivity index (χ0n) is 12.7. The summed E-state index contributed by atoms with van der Waals surface area (Å²) in [6.07, 6.45) is 0. The van der Waals surface area contributed by atoms with Gasteiger partial charge in [0.15, 0.2) is 11.6 Å². The van der Waals surface area contributed by atoms with Crippen molar-refractivity contribution in [3.8, 4) is 0 Å². The zero-order chi connectivity index (χ0) is 17.0. The van der Waals surface area contributed by atoms with Crippen LogP contribution in [0, 0.1) is 18.6 Å². The Hall–Kier alpha value is -2.76. The highest BCUT2D eigenvalue weighted by Gasteiger charge is 2.16. The second kappa shape index (κ2) is 7.00. The van der Waals surface area contributed by atoms with Gasteiger partial charge in [0.05, 0.1) is 5.56 Å². The van der Waals surface area contributed by atoms with Gasteiger partial charge < -0.3 is 10.6 Å². The van der Waals surface area contributed by atoms with Crippen LogP contribution in [-0.2, 0) is 0 Å². The molecule has 0 fully saturated rings.